The van der Waals surface area contributed by atoms with E-state index in [1.54, 1.807) is 10.4 Å². The normalized spacial score (nSPS) is 16.7. The van der Waals surface area contributed by atoms with Gasteiger partial charge in [0.25, 0.3) is 10.0 Å². The van der Waals surface area contributed by atoms with Crippen LogP contribution >= 0.6 is 11.3 Å². The zero-order valence-corrected chi connectivity index (χ0v) is 13.7. The first-order chi connectivity index (χ1) is 9.55. The van der Waals surface area contributed by atoms with E-state index in [-0.39, 0.29) is 0 Å². The largest absolute Gasteiger partial charge is 0.312 e. The molecule has 6 heteroatoms. The van der Waals surface area contributed by atoms with Crippen LogP contribution in [0.2, 0.25) is 0 Å². The monoisotopic (exact) mass is 314 g/mol. The minimum atomic E-state index is -3.32. The third-order valence-electron chi connectivity index (χ3n) is 3.33. The fourth-order valence-electron chi connectivity index (χ4n) is 2.14. The molecule has 0 aliphatic carbocycles. The molecule has 0 radical (unpaired) electrons. The van der Waals surface area contributed by atoms with Crippen LogP contribution in [0.4, 0.5) is 0 Å². The fourth-order valence-corrected chi connectivity index (χ4v) is 5.26. The molecule has 1 aliphatic rings. The van der Waals surface area contributed by atoms with Gasteiger partial charge in [0.2, 0.25) is 0 Å². The smallest absolute Gasteiger partial charge is 0.252 e. The van der Waals surface area contributed by atoms with Crippen LogP contribution in [0, 0.1) is 6.92 Å². The molecule has 0 spiro atoms. The lowest BCUT2D eigenvalue weighted by molar-refractivity contribution is 0.439. The molecule has 0 saturated carbocycles. The second-order valence-corrected chi connectivity index (χ2v) is 8.27. The maximum absolute atomic E-state index is 12.6. The first kappa shape index (κ1) is 15.7. The molecule has 1 aromatic rings. The van der Waals surface area contributed by atoms with Gasteiger partial charge >= 0.3 is 0 Å². The second-order valence-electron chi connectivity index (χ2n) is 4.97. The Morgan fingerprint density at radius 2 is 2.20 bits per heavy atom. The minimum absolute atomic E-state index is 0.471. The van der Waals surface area contributed by atoms with E-state index >= 15 is 0 Å². The third kappa shape index (κ3) is 3.49. The number of thiophene rings is 1. The summed E-state index contributed by atoms with van der Waals surface area (Å²) < 4.78 is 27.2. The standard InChI is InChI=1S/C14H22N2O2S2/c1-3-7-15-11-13-12(2)10-14(19-13)20(17,18)16-8-5-4-6-9-16/h4-5,10,15H,3,6-9,11H2,1-2H3. The van der Waals surface area contributed by atoms with Gasteiger partial charge in [-0.2, -0.15) is 4.31 Å². The SMILES string of the molecule is CCCNCc1sc(S(=O)(=O)N2CC=CCC2)cc1C. The van der Waals surface area contributed by atoms with E-state index in [0.717, 1.165) is 36.4 Å². The molecule has 4 nitrogen and oxygen atoms in total. The summed E-state index contributed by atoms with van der Waals surface area (Å²) in [5.41, 5.74) is 1.06. The Bertz CT molecular complexity index is 576. The Morgan fingerprint density at radius 3 is 2.85 bits per heavy atom. The number of nitrogens with one attached hydrogen (secondary N) is 1. The highest BCUT2D eigenvalue weighted by atomic mass is 32.2. The van der Waals surface area contributed by atoms with Crippen LogP contribution in [0.5, 0.6) is 0 Å². The van der Waals surface area contributed by atoms with Crippen molar-refractivity contribution < 1.29 is 8.42 Å². The van der Waals surface area contributed by atoms with Gasteiger partial charge in [-0.25, -0.2) is 8.42 Å². The van der Waals surface area contributed by atoms with Gasteiger partial charge in [0, 0.05) is 24.5 Å². The molecule has 0 saturated heterocycles. The highest BCUT2D eigenvalue weighted by Gasteiger charge is 2.26. The van der Waals surface area contributed by atoms with Gasteiger partial charge in [-0.05, 0) is 37.9 Å². The molecule has 0 bridgehead atoms. The zero-order chi connectivity index (χ0) is 14.6. The summed E-state index contributed by atoms with van der Waals surface area (Å²) in [6, 6.07) is 1.81. The highest BCUT2D eigenvalue weighted by molar-refractivity contribution is 7.91. The van der Waals surface area contributed by atoms with Crippen molar-refractivity contribution in [3.63, 3.8) is 0 Å². The third-order valence-corrected chi connectivity index (χ3v) is 6.88. The van der Waals surface area contributed by atoms with E-state index in [2.05, 4.69) is 12.2 Å². The predicted molar refractivity (Wildman–Crippen MR) is 83.6 cm³/mol. The van der Waals surface area contributed by atoms with Gasteiger partial charge < -0.3 is 5.32 Å². The van der Waals surface area contributed by atoms with Crippen molar-refractivity contribution in [3.05, 3.63) is 28.7 Å². The number of sulfonamides is 1. The molecule has 1 N–H and O–H groups in total. The van der Waals surface area contributed by atoms with Gasteiger partial charge in [0.15, 0.2) is 0 Å². The number of hydrogen-bond acceptors (Lipinski definition) is 4. The molecule has 0 unspecified atom stereocenters. The lowest BCUT2D eigenvalue weighted by Gasteiger charge is -2.21. The maximum Gasteiger partial charge on any atom is 0.252 e. The van der Waals surface area contributed by atoms with E-state index in [1.165, 1.54) is 11.3 Å². The van der Waals surface area contributed by atoms with Crippen LogP contribution in [0.25, 0.3) is 0 Å². The summed E-state index contributed by atoms with van der Waals surface area (Å²) in [5.74, 6) is 0. The fraction of sp³-hybridized carbons (Fsp3) is 0.571. The Kier molecular flexibility index (Phi) is 5.37. The van der Waals surface area contributed by atoms with Crippen molar-refractivity contribution in [3.8, 4) is 0 Å². The Balaban J connectivity index is 2.15. The summed E-state index contributed by atoms with van der Waals surface area (Å²) in [4.78, 5) is 1.12. The molecule has 0 amide bonds. The molecule has 1 aliphatic heterocycles. The maximum atomic E-state index is 12.6. The predicted octanol–water partition coefficient (Wildman–Crippen LogP) is 2.51. The van der Waals surface area contributed by atoms with Crippen LogP contribution in [0.1, 0.15) is 30.2 Å². The molecule has 0 aromatic carbocycles. The van der Waals surface area contributed by atoms with Gasteiger partial charge in [-0.15, -0.1) is 11.3 Å². The van der Waals surface area contributed by atoms with Crippen molar-refractivity contribution >= 4 is 21.4 Å². The molecular weight excluding hydrogens is 292 g/mol. The summed E-state index contributed by atoms with van der Waals surface area (Å²) in [5, 5.41) is 3.33. The lowest BCUT2D eigenvalue weighted by atomic mass is 10.3. The molecule has 20 heavy (non-hydrogen) atoms. The van der Waals surface area contributed by atoms with Crippen molar-refractivity contribution in [1.29, 1.82) is 0 Å². The molecular formula is C14H22N2O2S2. The number of nitrogens with zero attached hydrogens (tertiary/aromatic N) is 1. The van der Waals surface area contributed by atoms with Crippen LogP contribution in [0.3, 0.4) is 0 Å². The van der Waals surface area contributed by atoms with Crippen LogP contribution in [-0.2, 0) is 16.6 Å². The van der Waals surface area contributed by atoms with E-state index in [4.69, 9.17) is 0 Å². The van der Waals surface area contributed by atoms with Crippen LogP contribution in [-0.4, -0.2) is 32.4 Å². The van der Waals surface area contributed by atoms with E-state index in [1.807, 2.05) is 19.1 Å². The van der Waals surface area contributed by atoms with Gasteiger partial charge in [0.05, 0.1) is 0 Å². The molecule has 2 rings (SSSR count). The Hall–Kier alpha value is -0.690. The highest BCUT2D eigenvalue weighted by Crippen LogP contribution is 2.29. The van der Waals surface area contributed by atoms with Crippen molar-refractivity contribution in [1.82, 2.24) is 9.62 Å². The number of aryl methyl sites for hydroxylation is 1. The molecule has 0 atom stereocenters. The summed E-state index contributed by atoms with van der Waals surface area (Å²) in [6.45, 7) is 6.88. The van der Waals surface area contributed by atoms with E-state index in [9.17, 15) is 8.42 Å². The average Bonchev–Trinajstić information content (AvgIpc) is 2.82. The first-order valence-corrected chi connectivity index (χ1v) is 9.26. The Morgan fingerprint density at radius 1 is 1.40 bits per heavy atom. The second kappa shape index (κ2) is 6.85. The van der Waals surface area contributed by atoms with Crippen molar-refractivity contribution in [2.45, 2.75) is 37.4 Å². The number of hydrogen-bond donors (Lipinski definition) is 1. The van der Waals surface area contributed by atoms with Gasteiger partial charge in [-0.3, -0.25) is 0 Å². The van der Waals surface area contributed by atoms with Crippen LogP contribution < -0.4 is 5.32 Å². The lowest BCUT2D eigenvalue weighted by Crippen LogP contribution is -2.33. The van der Waals surface area contributed by atoms with Crippen molar-refractivity contribution in [2.75, 3.05) is 19.6 Å². The Labute approximate surface area is 125 Å². The van der Waals surface area contributed by atoms with Gasteiger partial charge in [-0.1, -0.05) is 19.1 Å². The number of rotatable bonds is 6. The topological polar surface area (TPSA) is 49.4 Å². The summed E-state index contributed by atoms with van der Waals surface area (Å²) >= 11 is 1.39. The molecule has 2 heterocycles. The molecule has 1 aromatic heterocycles. The summed E-state index contributed by atoms with van der Waals surface area (Å²) in [7, 11) is -3.32. The molecule has 112 valence electrons. The molecule has 0 fully saturated rings. The van der Waals surface area contributed by atoms with Crippen molar-refractivity contribution in [2.24, 2.45) is 0 Å². The average molecular weight is 314 g/mol. The minimum Gasteiger partial charge on any atom is -0.312 e. The van der Waals surface area contributed by atoms with E-state index in [0.29, 0.717) is 17.3 Å². The first-order valence-electron chi connectivity index (χ1n) is 7.01. The quantitative estimate of drug-likeness (QED) is 0.648. The summed E-state index contributed by atoms with van der Waals surface area (Å²) in [6.07, 6.45) is 5.83. The van der Waals surface area contributed by atoms with Crippen LogP contribution in [0.15, 0.2) is 22.4 Å². The van der Waals surface area contributed by atoms with Gasteiger partial charge in [0.1, 0.15) is 4.21 Å². The zero-order valence-electron chi connectivity index (χ0n) is 12.1. The van der Waals surface area contributed by atoms with E-state index < -0.39 is 10.0 Å².